The molecule has 0 spiro atoms. The Hall–Kier alpha value is -0.860. The van der Waals surface area contributed by atoms with Crippen LogP contribution in [0.5, 0.6) is 0 Å². The maximum Gasteiger partial charge on any atom is 0.0811 e. The first kappa shape index (κ1) is 17.9. The number of hydrogen-bond acceptors (Lipinski definition) is 2. The molecule has 0 aromatic heterocycles. The van der Waals surface area contributed by atoms with Crippen molar-refractivity contribution in [2.45, 2.75) is 77.9 Å². The molecule has 2 unspecified atom stereocenters. The van der Waals surface area contributed by atoms with Crippen molar-refractivity contribution in [3.05, 3.63) is 35.5 Å². The van der Waals surface area contributed by atoms with Gasteiger partial charge in [-0.2, -0.15) is 0 Å². The fraction of sp³-hybridized carbons (Fsp3) is 0.727. The topological polar surface area (TPSA) is 40.5 Å². The van der Waals surface area contributed by atoms with E-state index in [-0.39, 0.29) is 0 Å². The SMILES string of the molecule is C=C1C(=CC=C2CCC[C@]3(C)[C@@H](C(C)C)CC[C@@H]23)CC(O)CC1O. The smallest absolute Gasteiger partial charge is 0.0811 e. The minimum absolute atomic E-state index is 0.420. The molecule has 0 aromatic rings. The summed E-state index contributed by atoms with van der Waals surface area (Å²) in [7, 11) is 0. The van der Waals surface area contributed by atoms with Gasteiger partial charge in [-0.25, -0.2) is 0 Å². The highest BCUT2D eigenvalue weighted by molar-refractivity contribution is 5.38. The van der Waals surface area contributed by atoms with Crippen LogP contribution in [-0.4, -0.2) is 22.4 Å². The Labute approximate surface area is 147 Å². The van der Waals surface area contributed by atoms with Gasteiger partial charge in [-0.05, 0) is 72.8 Å². The third kappa shape index (κ3) is 3.15. The van der Waals surface area contributed by atoms with E-state index < -0.39 is 12.2 Å². The van der Waals surface area contributed by atoms with Crippen LogP contribution in [0.15, 0.2) is 35.5 Å². The van der Waals surface area contributed by atoms with Crippen molar-refractivity contribution in [1.82, 2.24) is 0 Å². The molecule has 2 heteroatoms. The summed E-state index contributed by atoms with van der Waals surface area (Å²) in [6, 6.07) is 0. The lowest BCUT2D eigenvalue weighted by atomic mass is 9.61. The van der Waals surface area contributed by atoms with Crippen LogP contribution in [-0.2, 0) is 0 Å². The Morgan fingerprint density at radius 2 is 1.96 bits per heavy atom. The van der Waals surface area contributed by atoms with Gasteiger partial charge in [-0.3, -0.25) is 0 Å². The number of allylic oxidation sites excluding steroid dienone is 3. The standard InChI is InChI=1S/C22H34O2/c1-14(2)19-9-10-20-16(6-5-11-22(19,20)4)7-8-17-12-18(23)13-21(24)15(17)3/h7-8,14,18-21,23-24H,3,5-6,9-13H2,1-2,4H3/t18?,19-,20+,21?,22-/m1/s1. The van der Waals surface area contributed by atoms with Crippen molar-refractivity contribution in [3.8, 4) is 0 Å². The van der Waals surface area contributed by atoms with Crippen LogP contribution in [0.2, 0.25) is 0 Å². The number of aliphatic hydroxyl groups excluding tert-OH is 2. The maximum atomic E-state index is 10.0. The molecule has 2 nitrogen and oxygen atoms in total. The molecule has 5 atom stereocenters. The molecule has 0 radical (unpaired) electrons. The lowest BCUT2D eigenvalue weighted by Gasteiger charge is -2.43. The molecular weight excluding hydrogens is 296 g/mol. The first-order valence-corrected chi connectivity index (χ1v) is 9.78. The molecule has 3 aliphatic carbocycles. The highest BCUT2D eigenvalue weighted by Crippen LogP contribution is 2.59. The van der Waals surface area contributed by atoms with Gasteiger partial charge in [0.1, 0.15) is 0 Å². The Morgan fingerprint density at radius 3 is 2.67 bits per heavy atom. The zero-order chi connectivity index (χ0) is 17.5. The van der Waals surface area contributed by atoms with Gasteiger partial charge in [0.2, 0.25) is 0 Å². The van der Waals surface area contributed by atoms with Crippen LogP contribution in [0.3, 0.4) is 0 Å². The fourth-order valence-corrected chi connectivity index (χ4v) is 5.84. The number of aliphatic hydroxyl groups is 2. The van der Waals surface area contributed by atoms with E-state index in [0.29, 0.717) is 24.2 Å². The zero-order valence-corrected chi connectivity index (χ0v) is 15.6. The van der Waals surface area contributed by atoms with E-state index in [9.17, 15) is 10.2 Å². The summed E-state index contributed by atoms with van der Waals surface area (Å²) in [6.45, 7) is 11.3. The van der Waals surface area contributed by atoms with E-state index in [0.717, 1.165) is 23.0 Å². The number of hydrogen-bond donors (Lipinski definition) is 2. The van der Waals surface area contributed by atoms with E-state index in [4.69, 9.17) is 0 Å². The first-order chi connectivity index (χ1) is 11.3. The van der Waals surface area contributed by atoms with Crippen molar-refractivity contribution in [2.24, 2.45) is 23.2 Å². The van der Waals surface area contributed by atoms with E-state index in [1.165, 1.54) is 32.1 Å². The maximum absolute atomic E-state index is 10.0. The van der Waals surface area contributed by atoms with Crippen molar-refractivity contribution in [2.75, 3.05) is 0 Å². The van der Waals surface area contributed by atoms with Crippen LogP contribution in [0.25, 0.3) is 0 Å². The van der Waals surface area contributed by atoms with Crippen LogP contribution in [0.1, 0.15) is 65.7 Å². The molecule has 24 heavy (non-hydrogen) atoms. The molecule has 3 aliphatic rings. The monoisotopic (exact) mass is 330 g/mol. The van der Waals surface area contributed by atoms with Gasteiger partial charge in [0.25, 0.3) is 0 Å². The van der Waals surface area contributed by atoms with Gasteiger partial charge in [-0.15, -0.1) is 0 Å². The number of fused-ring (bicyclic) bond motifs is 1. The molecule has 0 heterocycles. The first-order valence-electron chi connectivity index (χ1n) is 9.78. The van der Waals surface area contributed by atoms with Crippen molar-refractivity contribution < 1.29 is 10.2 Å². The second kappa shape index (κ2) is 6.80. The largest absolute Gasteiger partial charge is 0.393 e. The molecule has 0 aliphatic heterocycles. The minimum Gasteiger partial charge on any atom is -0.393 e. The lowest BCUT2D eigenvalue weighted by Crippen LogP contribution is -2.35. The Morgan fingerprint density at radius 1 is 1.21 bits per heavy atom. The lowest BCUT2D eigenvalue weighted by molar-refractivity contribution is 0.0862. The summed E-state index contributed by atoms with van der Waals surface area (Å²) in [6.07, 6.45) is 11.0. The Kier molecular flexibility index (Phi) is 5.09. The predicted molar refractivity (Wildman–Crippen MR) is 99.6 cm³/mol. The van der Waals surface area contributed by atoms with E-state index in [2.05, 4.69) is 39.5 Å². The molecule has 3 saturated carbocycles. The summed E-state index contributed by atoms with van der Waals surface area (Å²) >= 11 is 0. The van der Waals surface area contributed by atoms with Crippen molar-refractivity contribution in [1.29, 1.82) is 0 Å². The van der Waals surface area contributed by atoms with Gasteiger partial charge in [0.15, 0.2) is 0 Å². The Balaban J connectivity index is 1.83. The summed E-state index contributed by atoms with van der Waals surface area (Å²) in [5.74, 6) is 2.32. The third-order valence-corrected chi connectivity index (χ3v) is 7.11. The van der Waals surface area contributed by atoms with Gasteiger partial charge in [0.05, 0.1) is 12.2 Å². The average Bonchev–Trinajstić information content (AvgIpc) is 2.87. The van der Waals surface area contributed by atoms with Gasteiger partial charge < -0.3 is 10.2 Å². The number of rotatable bonds is 2. The summed E-state index contributed by atoms with van der Waals surface area (Å²) in [4.78, 5) is 0. The Bertz CT molecular complexity index is 556. The van der Waals surface area contributed by atoms with E-state index in [1.54, 1.807) is 5.57 Å². The average molecular weight is 331 g/mol. The normalized spacial score (nSPS) is 43.7. The molecule has 3 fully saturated rings. The highest BCUT2D eigenvalue weighted by Gasteiger charge is 2.49. The molecule has 134 valence electrons. The van der Waals surface area contributed by atoms with Gasteiger partial charge >= 0.3 is 0 Å². The molecule has 3 rings (SSSR count). The molecule has 0 saturated heterocycles. The van der Waals surface area contributed by atoms with Crippen LogP contribution in [0, 0.1) is 23.2 Å². The van der Waals surface area contributed by atoms with Crippen LogP contribution < -0.4 is 0 Å². The van der Waals surface area contributed by atoms with Crippen molar-refractivity contribution in [3.63, 3.8) is 0 Å². The third-order valence-electron chi connectivity index (χ3n) is 7.11. The second-order valence-corrected chi connectivity index (χ2v) is 8.91. The summed E-state index contributed by atoms with van der Waals surface area (Å²) < 4.78 is 0. The van der Waals surface area contributed by atoms with E-state index >= 15 is 0 Å². The molecule has 0 amide bonds. The quantitative estimate of drug-likeness (QED) is 0.764. The summed E-state index contributed by atoms with van der Waals surface area (Å²) in [5, 5.41) is 20.0. The van der Waals surface area contributed by atoms with Crippen LogP contribution >= 0.6 is 0 Å². The summed E-state index contributed by atoms with van der Waals surface area (Å²) in [5.41, 5.74) is 3.86. The minimum atomic E-state index is -0.591. The highest BCUT2D eigenvalue weighted by atomic mass is 16.3. The molecule has 2 N–H and O–H groups in total. The zero-order valence-electron chi connectivity index (χ0n) is 15.6. The molecular formula is C22H34O2. The van der Waals surface area contributed by atoms with Gasteiger partial charge in [-0.1, -0.05) is 45.1 Å². The molecule has 0 bridgehead atoms. The van der Waals surface area contributed by atoms with Gasteiger partial charge in [0, 0.05) is 6.42 Å². The predicted octanol–water partition coefficient (Wildman–Crippen LogP) is 4.78. The van der Waals surface area contributed by atoms with Crippen LogP contribution in [0.4, 0.5) is 0 Å². The second-order valence-electron chi connectivity index (χ2n) is 8.91. The van der Waals surface area contributed by atoms with E-state index in [1.807, 2.05) is 0 Å². The fourth-order valence-electron chi connectivity index (χ4n) is 5.84. The molecule has 0 aromatic carbocycles. The van der Waals surface area contributed by atoms with Crippen molar-refractivity contribution >= 4 is 0 Å².